The zero-order chi connectivity index (χ0) is 22.5. The molecule has 0 aliphatic rings. The Kier molecular flexibility index (Phi) is 10.3. The minimum absolute atomic E-state index is 0.230. The summed E-state index contributed by atoms with van der Waals surface area (Å²) in [5.74, 6) is 0.818. The van der Waals surface area contributed by atoms with Crippen LogP contribution in [0.15, 0.2) is 48.5 Å². The summed E-state index contributed by atoms with van der Waals surface area (Å²) >= 11 is 0. The van der Waals surface area contributed by atoms with Crippen molar-refractivity contribution in [1.82, 2.24) is 5.48 Å². The second-order valence-electron chi connectivity index (χ2n) is 7.00. The second kappa shape index (κ2) is 13.3. The number of rotatable bonds is 13. The summed E-state index contributed by atoms with van der Waals surface area (Å²) < 4.78 is 16.2. The smallest absolute Gasteiger partial charge is 0.253 e. The third-order valence-electron chi connectivity index (χ3n) is 4.76. The van der Waals surface area contributed by atoms with Crippen LogP contribution in [0.5, 0.6) is 11.5 Å². The number of anilines is 1. The van der Waals surface area contributed by atoms with Gasteiger partial charge in [0.25, 0.3) is 5.91 Å². The maximum absolute atomic E-state index is 12.8. The fraction of sp³-hybridized carbons (Fsp3) is 0.391. The highest BCUT2D eigenvalue weighted by Gasteiger charge is 2.19. The number of methoxy groups -OCH3 is 2. The lowest BCUT2D eigenvalue weighted by Gasteiger charge is -2.18. The zero-order valence-electron chi connectivity index (χ0n) is 17.9. The summed E-state index contributed by atoms with van der Waals surface area (Å²) in [5.41, 5.74) is 3.21. The van der Waals surface area contributed by atoms with Crippen molar-refractivity contribution >= 4 is 17.5 Å². The number of ether oxygens (including phenoxy) is 3. The largest absolute Gasteiger partial charge is 0.497 e. The van der Waals surface area contributed by atoms with Crippen molar-refractivity contribution < 1.29 is 29.0 Å². The molecule has 31 heavy (non-hydrogen) atoms. The first-order chi connectivity index (χ1) is 15.0. The zero-order valence-corrected chi connectivity index (χ0v) is 17.9. The Hall–Kier alpha value is -3.10. The number of amides is 2. The molecule has 2 aromatic carbocycles. The highest BCUT2D eigenvalue weighted by Crippen LogP contribution is 2.18. The average molecular weight is 431 g/mol. The third-order valence-corrected chi connectivity index (χ3v) is 4.76. The molecule has 0 aromatic heterocycles. The molecular weight excluding hydrogens is 400 g/mol. The van der Waals surface area contributed by atoms with E-state index in [1.807, 2.05) is 24.3 Å². The van der Waals surface area contributed by atoms with E-state index < -0.39 is 12.0 Å². The minimum atomic E-state index is -0.643. The highest BCUT2D eigenvalue weighted by atomic mass is 16.5. The van der Waals surface area contributed by atoms with E-state index in [0.29, 0.717) is 30.7 Å². The Morgan fingerprint density at radius 2 is 1.52 bits per heavy atom. The summed E-state index contributed by atoms with van der Waals surface area (Å²) in [7, 11) is 3.19. The van der Waals surface area contributed by atoms with Crippen molar-refractivity contribution in [3.63, 3.8) is 0 Å². The van der Waals surface area contributed by atoms with Crippen LogP contribution in [0.3, 0.4) is 0 Å². The Morgan fingerprint density at radius 1 is 0.903 bits per heavy atom. The van der Waals surface area contributed by atoms with Gasteiger partial charge in [-0.2, -0.15) is 0 Å². The molecule has 1 unspecified atom stereocenters. The predicted molar refractivity (Wildman–Crippen MR) is 116 cm³/mol. The summed E-state index contributed by atoms with van der Waals surface area (Å²) in [6.45, 7) is 0.289. The van der Waals surface area contributed by atoms with E-state index in [4.69, 9.17) is 19.4 Å². The van der Waals surface area contributed by atoms with Gasteiger partial charge >= 0.3 is 0 Å². The van der Waals surface area contributed by atoms with Crippen LogP contribution in [0.2, 0.25) is 0 Å². The molecule has 0 aliphatic heterocycles. The van der Waals surface area contributed by atoms with E-state index in [2.05, 4.69) is 5.32 Å². The van der Waals surface area contributed by atoms with Gasteiger partial charge in [-0.25, -0.2) is 5.48 Å². The van der Waals surface area contributed by atoms with Gasteiger partial charge in [-0.1, -0.05) is 25.0 Å². The van der Waals surface area contributed by atoms with Crippen LogP contribution in [-0.2, 0) is 20.9 Å². The van der Waals surface area contributed by atoms with Crippen LogP contribution in [0.4, 0.5) is 5.69 Å². The summed E-state index contributed by atoms with van der Waals surface area (Å²) in [6.07, 6.45) is 2.19. The molecule has 0 saturated heterocycles. The molecular formula is C23H30N2O6. The lowest BCUT2D eigenvalue weighted by molar-refractivity contribution is -0.130. The molecule has 8 nitrogen and oxygen atoms in total. The fourth-order valence-electron chi connectivity index (χ4n) is 2.95. The van der Waals surface area contributed by atoms with E-state index in [1.54, 1.807) is 44.0 Å². The van der Waals surface area contributed by atoms with Gasteiger partial charge in [0, 0.05) is 12.1 Å². The molecule has 0 saturated carbocycles. The van der Waals surface area contributed by atoms with Gasteiger partial charge in [0.1, 0.15) is 17.6 Å². The lowest BCUT2D eigenvalue weighted by Crippen LogP contribution is -2.30. The van der Waals surface area contributed by atoms with Crippen LogP contribution in [0.1, 0.15) is 37.7 Å². The van der Waals surface area contributed by atoms with E-state index in [1.165, 1.54) is 0 Å². The quantitative estimate of drug-likeness (QED) is 0.254. The Bertz CT molecular complexity index is 808. The molecule has 2 amide bonds. The van der Waals surface area contributed by atoms with Crippen LogP contribution in [0, 0.1) is 0 Å². The van der Waals surface area contributed by atoms with Gasteiger partial charge in [-0.15, -0.1) is 0 Å². The average Bonchev–Trinajstić information content (AvgIpc) is 2.81. The number of carbonyl (C=O) groups excluding carboxylic acids is 2. The van der Waals surface area contributed by atoms with Gasteiger partial charge in [0.15, 0.2) is 0 Å². The first-order valence-corrected chi connectivity index (χ1v) is 10.2. The van der Waals surface area contributed by atoms with Crippen molar-refractivity contribution in [2.24, 2.45) is 0 Å². The molecule has 0 bridgehead atoms. The standard InChI is InChI=1S/C23H30N2O6/c1-29-19-12-8-17(9-13-19)16-31-21(6-4-3-5-7-22(26)25-28)23(27)24-18-10-14-20(30-2)15-11-18/h8-15,21,28H,3-7,16H2,1-2H3,(H,24,27)(H,25,26). The summed E-state index contributed by atoms with van der Waals surface area (Å²) in [6, 6.07) is 14.6. The molecule has 2 rings (SSSR count). The van der Waals surface area contributed by atoms with E-state index >= 15 is 0 Å². The van der Waals surface area contributed by atoms with Gasteiger partial charge < -0.3 is 19.5 Å². The third kappa shape index (κ3) is 8.65. The molecule has 0 fully saturated rings. The molecule has 2 aromatic rings. The van der Waals surface area contributed by atoms with E-state index in [9.17, 15) is 9.59 Å². The van der Waals surface area contributed by atoms with Crippen LogP contribution in [0.25, 0.3) is 0 Å². The number of benzene rings is 2. The van der Waals surface area contributed by atoms with Gasteiger partial charge in [-0.05, 0) is 54.8 Å². The number of carbonyl (C=O) groups is 2. The predicted octanol–water partition coefficient (Wildman–Crippen LogP) is 3.68. The molecule has 0 radical (unpaired) electrons. The number of nitrogens with one attached hydrogen (secondary N) is 2. The van der Waals surface area contributed by atoms with Crippen molar-refractivity contribution in [2.45, 2.75) is 44.8 Å². The minimum Gasteiger partial charge on any atom is -0.497 e. The number of hydrogen-bond donors (Lipinski definition) is 3. The molecule has 1 atom stereocenters. The monoisotopic (exact) mass is 430 g/mol. The first kappa shape index (κ1) is 24.2. The lowest BCUT2D eigenvalue weighted by atomic mass is 10.1. The van der Waals surface area contributed by atoms with Crippen molar-refractivity contribution in [3.05, 3.63) is 54.1 Å². The Morgan fingerprint density at radius 3 is 2.10 bits per heavy atom. The fourth-order valence-corrected chi connectivity index (χ4v) is 2.95. The highest BCUT2D eigenvalue weighted by molar-refractivity contribution is 5.94. The molecule has 3 N–H and O–H groups in total. The second-order valence-corrected chi connectivity index (χ2v) is 7.00. The van der Waals surface area contributed by atoms with Gasteiger partial charge in [0.05, 0.1) is 20.8 Å². The SMILES string of the molecule is COc1ccc(COC(CCCCCC(=O)NO)C(=O)Nc2ccc(OC)cc2)cc1. The van der Waals surface area contributed by atoms with Crippen LogP contribution >= 0.6 is 0 Å². The van der Waals surface area contributed by atoms with E-state index in [-0.39, 0.29) is 18.9 Å². The van der Waals surface area contributed by atoms with Gasteiger partial charge in [-0.3, -0.25) is 14.8 Å². The Labute approximate surface area is 182 Å². The summed E-state index contributed by atoms with van der Waals surface area (Å²) in [5, 5.41) is 11.4. The van der Waals surface area contributed by atoms with Crippen LogP contribution < -0.4 is 20.3 Å². The van der Waals surface area contributed by atoms with E-state index in [0.717, 1.165) is 17.7 Å². The maximum Gasteiger partial charge on any atom is 0.253 e. The first-order valence-electron chi connectivity index (χ1n) is 10.2. The number of hydrogen-bond acceptors (Lipinski definition) is 6. The number of unbranched alkanes of at least 4 members (excludes halogenated alkanes) is 2. The number of hydroxylamine groups is 1. The van der Waals surface area contributed by atoms with Crippen LogP contribution in [-0.4, -0.2) is 37.3 Å². The Balaban J connectivity index is 1.93. The summed E-state index contributed by atoms with van der Waals surface area (Å²) in [4.78, 5) is 23.9. The molecule has 0 spiro atoms. The normalized spacial score (nSPS) is 11.5. The topological polar surface area (TPSA) is 106 Å². The molecule has 0 aliphatic carbocycles. The van der Waals surface area contributed by atoms with Crippen molar-refractivity contribution in [3.8, 4) is 11.5 Å². The molecule has 8 heteroatoms. The van der Waals surface area contributed by atoms with Crippen molar-refractivity contribution in [1.29, 1.82) is 0 Å². The molecule has 0 heterocycles. The van der Waals surface area contributed by atoms with Crippen molar-refractivity contribution in [2.75, 3.05) is 19.5 Å². The van der Waals surface area contributed by atoms with Gasteiger partial charge in [0.2, 0.25) is 5.91 Å². The maximum atomic E-state index is 12.8. The molecule has 168 valence electrons.